The lowest BCUT2D eigenvalue weighted by Gasteiger charge is -2.13. The van der Waals surface area contributed by atoms with Crippen molar-refractivity contribution in [3.8, 4) is 0 Å². The molecule has 3 aromatic rings. The van der Waals surface area contributed by atoms with Crippen LogP contribution in [0.5, 0.6) is 0 Å². The number of anilines is 2. The van der Waals surface area contributed by atoms with Gasteiger partial charge in [-0.15, -0.1) is 0 Å². The molecule has 0 saturated carbocycles. The van der Waals surface area contributed by atoms with Gasteiger partial charge in [0.25, 0.3) is 5.91 Å². The van der Waals surface area contributed by atoms with Crippen molar-refractivity contribution >= 4 is 29.3 Å². The van der Waals surface area contributed by atoms with E-state index in [2.05, 4.69) is 10.6 Å². The van der Waals surface area contributed by atoms with Crippen molar-refractivity contribution in [2.24, 2.45) is 0 Å². The molecule has 29 heavy (non-hydrogen) atoms. The van der Waals surface area contributed by atoms with E-state index in [1.54, 1.807) is 18.2 Å². The van der Waals surface area contributed by atoms with E-state index in [-0.39, 0.29) is 11.3 Å². The number of carbonyl (C=O) groups excluding carboxylic acids is 2. The monoisotopic (exact) mass is 400 g/mol. The van der Waals surface area contributed by atoms with Gasteiger partial charge in [0.15, 0.2) is 0 Å². The standard InChI is InChI=1S/C21H15F3N2O3/c22-21(23,24)17-8-1-2-9-18(17)26-20(28)14-5-3-6-15(13-14)25-19(27)11-10-16-7-4-12-29-16/h1-13H,(H,25,27)(H,26,28)/b11-10+. The number of hydrogen-bond acceptors (Lipinski definition) is 3. The molecule has 0 radical (unpaired) electrons. The maximum atomic E-state index is 13.1. The topological polar surface area (TPSA) is 71.3 Å². The summed E-state index contributed by atoms with van der Waals surface area (Å²) in [5.41, 5.74) is -0.882. The predicted octanol–water partition coefficient (Wildman–Crippen LogP) is 5.20. The summed E-state index contributed by atoms with van der Waals surface area (Å²) in [7, 11) is 0. The molecule has 0 saturated heterocycles. The first-order valence-corrected chi connectivity index (χ1v) is 8.43. The number of alkyl halides is 3. The van der Waals surface area contributed by atoms with Crippen LogP contribution < -0.4 is 10.6 Å². The highest BCUT2D eigenvalue weighted by atomic mass is 19.4. The van der Waals surface area contributed by atoms with Crippen LogP contribution in [-0.4, -0.2) is 11.8 Å². The lowest BCUT2D eigenvalue weighted by molar-refractivity contribution is -0.136. The number of nitrogens with one attached hydrogen (secondary N) is 2. The largest absolute Gasteiger partial charge is 0.465 e. The van der Waals surface area contributed by atoms with Gasteiger partial charge in [-0.3, -0.25) is 9.59 Å². The van der Waals surface area contributed by atoms with Crippen molar-refractivity contribution in [3.63, 3.8) is 0 Å². The van der Waals surface area contributed by atoms with Gasteiger partial charge in [0, 0.05) is 17.3 Å². The summed E-state index contributed by atoms with van der Waals surface area (Å²) < 4.78 is 44.3. The zero-order valence-corrected chi connectivity index (χ0v) is 14.9. The first-order valence-electron chi connectivity index (χ1n) is 8.43. The summed E-state index contributed by atoms with van der Waals surface area (Å²) in [6.45, 7) is 0. The van der Waals surface area contributed by atoms with Crippen molar-refractivity contribution < 1.29 is 27.2 Å². The van der Waals surface area contributed by atoms with Gasteiger partial charge in [-0.2, -0.15) is 13.2 Å². The number of rotatable bonds is 5. The molecule has 5 nitrogen and oxygen atoms in total. The summed E-state index contributed by atoms with van der Waals surface area (Å²) in [4.78, 5) is 24.4. The van der Waals surface area contributed by atoms with Gasteiger partial charge in [0.05, 0.1) is 17.5 Å². The van der Waals surface area contributed by atoms with Crippen LogP contribution in [0.15, 0.2) is 77.4 Å². The number of halogens is 3. The van der Waals surface area contributed by atoms with Crippen LogP contribution in [-0.2, 0) is 11.0 Å². The molecule has 3 rings (SSSR count). The zero-order chi connectivity index (χ0) is 20.9. The van der Waals surface area contributed by atoms with E-state index < -0.39 is 23.6 Å². The molecule has 0 atom stereocenters. The molecule has 0 spiro atoms. The third kappa shape index (κ3) is 5.35. The summed E-state index contributed by atoms with van der Waals surface area (Å²) in [5, 5.41) is 4.83. The zero-order valence-electron chi connectivity index (χ0n) is 14.9. The Kier molecular flexibility index (Phi) is 5.82. The minimum atomic E-state index is -4.60. The second-order valence-electron chi connectivity index (χ2n) is 5.92. The molecule has 1 heterocycles. The van der Waals surface area contributed by atoms with E-state index in [0.717, 1.165) is 6.07 Å². The molecular weight excluding hydrogens is 385 g/mol. The molecule has 0 aliphatic heterocycles. The molecule has 0 bridgehead atoms. The predicted molar refractivity (Wildman–Crippen MR) is 102 cm³/mol. The first kappa shape index (κ1) is 19.9. The van der Waals surface area contributed by atoms with Crippen LogP contribution in [0, 0.1) is 0 Å². The molecule has 2 amide bonds. The van der Waals surface area contributed by atoms with Gasteiger partial charge >= 0.3 is 6.18 Å². The van der Waals surface area contributed by atoms with Crippen LogP contribution in [0.25, 0.3) is 6.08 Å². The smallest absolute Gasteiger partial charge is 0.418 e. The number of carbonyl (C=O) groups is 2. The van der Waals surface area contributed by atoms with E-state index >= 15 is 0 Å². The lowest BCUT2D eigenvalue weighted by atomic mass is 10.1. The van der Waals surface area contributed by atoms with Gasteiger partial charge in [-0.05, 0) is 48.5 Å². The Hall–Kier alpha value is -3.81. The molecule has 0 fully saturated rings. The molecule has 0 aliphatic carbocycles. The summed E-state index contributed by atoms with van der Waals surface area (Å²) >= 11 is 0. The van der Waals surface area contributed by atoms with Gasteiger partial charge in [-0.25, -0.2) is 0 Å². The average molecular weight is 400 g/mol. The highest BCUT2D eigenvalue weighted by Crippen LogP contribution is 2.34. The molecule has 8 heteroatoms. The van der Waals surface area contributed by atoms with E-state index in [1.165, 1.54) is 54.8 Å². The third-order valence-electron chi connectivity index (χ3n) is 3.82. The minimum Gasteiger partial charge on any atom is -0.465 e. The summed E-state index contributed by atoms with van der Waals surface area (Å²) in [6, 6.07) is 13.9. The van der Waals surface area contributed by atoms with Crippen molar-refractivity contribution in [3.05, 3.63) is 89.9 Å². The first-order chi connectivity index (χ1) is 13.8. The fourth-order valence-electron chi connectivity index (χ4n) is 2.50. The van der Waals surface area contributed by atoms with E-state index in [0.29, 0.717) is 11.4 Å². The molecule has 2 aromatic carbocycles. The Balaban J connectivity index is 1.71. The van der Waals surface area contributed by atoms with Crippen molar-refractivity contribution in [1.29, 1.82) is 0 Å². The molecule has 0 aliphatic rings. The fraction of sp³-hybridized carbons (Fsp3) is 0.0476. The summed E-state index contributed by atoms with van der Waals surface area (Å²) in [5.74, 6) is -0.693. The summed E-state index contributed by atoms with van der Waals surface area (Å²) in [6.07, 6.45) is -0.401. The lowest BCUT2D eigenvalue weighted by Crippen LogP contribution is -2.17. The Morgan fingerprint density at radius 3 is 2.45 bits per heavy atom. The third-order valence-corrected chi connectivity index (χ3v) is 3.82. The number of amides is 2. The van der Waals surface area contributed by atoms with Gasteiger partial charge in [0.1, 0.15) is 5.76 Å². The van der Waals surface area contributed by atoms with Crippen LogP contribution in [0.3, 0.4) is 0 Å². The van der Waals surface area contributed by atoms with E-state index in [1.807, 2.05) is 0 Å². The SMILES string of the molecule is O=C(/C=C/c1ccco1)Nc1cccc(C(=O)Nc2ccccc2C(F)(F)F)c1. The molecule has 148 valence electrons. The van der Waals surface area contributed by atoms with Crippen LogP contribution >= 0.6 is 0 Å². The van der Waals surface area contributed by atoms with Gasteiger partial charge < -0.3 is 15.1 Å². The Morgan fingerprint density at radius 2 is 1.72 bits per heavy atom. The van der Waals surface area contributed by atoms with Gasteiger partial charge in [0.2, 0.25) is 5.91 Å². The average Bonchev–Trinajstić information content (AvgIpc) is 3.20. The molecular formula is C21H15F3N2O3. The highest BCUT2D eigenvalue weighted by Gasteiger charge is 2.33. The fourth-order valence-corrected chi connectivity index (χ4v) is 2.50. The van der Waals surface area contributed by atoms with Gasteiger partial charge in [-0.1, -0.05) is 18.2 Å². The maximum Gasteiger partial charge on any atom is 0.418 e. The second-order valence-corrected chi connectivity index (χ2v) is 5.92. The molecule has 2 N–H and O–H groups in total. The van der Waals surface area contributed by atoms with Crippen LogP contribution in [0.2, 0.25) is 0 Å². The number of hydrogen-bond donors (Lipinski definition) is 2. The number of benzene rings is 2. The maximum absolute atomic E-state index is 13.1. The van der Waals surface area contributed by atoms with Crippen LogP contribution in [0.1, 0.15) is 21.7 Å². The minimum absolute atomic E-state index is 0.0924. The van der Waals surface area contributed by atoms with Crippen LogP contribution in [0.4, 0.5) is 24.5 Å². The quantitative estimate of drug-likeness (QED) is 0.578. The van der Waals surface area contributed by atoms with Crippen molar-refractivity contribution in [1.82, 2.24) is 0 Å². The Morgan fingerprint density at radius 1 is 0.931 bits per heavy atom. The molecule has 1 aromatic heterocycles. The number of para-hydroxylation sites is 1. The normalized spacial score (nSPS) is 11.4. The van der Waals surface area contributed by atoms with Crippen molar-refractivity contribution in [2.75, 3.05) is 10.6 Å². The number of furan rings is 1. The Bertz CT molecular complexity index is 1040. The van der Waals surface area contributed by atoms with Crippen molar-refractivity contribution in [2.45, 2.75) is 6.18 Å². The molecule has 0 unspecified atom stereocenters. The highest BCUT2D eigenvalue weighted by molar-refractivity contribution is 6.06. The van der Waals surface area contributed by atoms with E-state index in [9.17, 15) is 22.8 Å². The Labute approximate surface area is 163 Å². The second kappa shape index (κ2) is 8.47. The van der Waals surface area contributed by atoms with E-state index in [4.69, 9.17) is 4.42 Å².